The standard InChI is InChI=1S/C18H21NO5S/c1-5-11(2)24-14-8-6-13(7-9-14)10-15-16(20)19(18(22)25-15)12(3)17(21)23-4/h6-12H,5H2,1-4H3/b15-10+/t11-,12-/m0/s1. The van der Waals surface area contributed by atoms with Gasteiger partial charge in [-0.3, -0.25) is 14.5 Å². The normalized spacial score (nSPS) is 18.4. The number of esters is 1. The Balaban J connectivity index is 2.15. The third kappa shape index (κ3) is 4.42. The van der Waals surface area contributed by atoms with Crippen molar-refractivity contribution < 1.29 is 23.9 Å². The third-order valence-electron chi connectivity index (χ3n) is 3.84. The lowest BCUT2D eigenvalue weighted by Gasteiger charge is -2.18. The predicted octanol–water partition coefficient (Wildman–Crippen LogP) is 3.46. The molecule has 1 saturated heterocycles. The number of rotatable bonds is 6. The van der Waals surface area contributed by atoms with Crippen LogP contribution in [0.5, 0.6) is 5.75 Å². The lowest BCUT2D eigenvalue weighted by Crippen LogP contribution is -2.42. The molecule has 134 valence electrons. The molecule has 0 aromatic heterocycles. The minimum absolute atomic E-state index is 0.127. The van der Waals surface area contributed by atoms with Crippen molar-refractivity contribution >= 4 is 35.0 Å². The van der Waals surface area contributed by atoms with E-state index >= 15 is 0 Å². The zero-order valence-corrected chi connectivity index (χ0v) is 15.5. The fraction of sp³-hybridized carbons (Fsp3) is 0.389. The van der Waals surface area contributed by atoms with Gasteiger partial charge in [-0.2, -0.15) is 0 Å². The lowest BCUT2D eigenvalue weighted by atomic mass is 10.2. The van der Waals surface area contributed by atoms with Gasteiger partial charge in [0.15, 0.2) is 0 Å². The number of imide groups is 1. The average molecular weight is 363 g/mol. The second-order valence-corrected chi connectivity index (χ2v) is 6.65. The SMILES string of the molecule is CC[C@H](C)Oc1ccc(/C=C2/SC(=O)N([C@@H](C)C(=O)OC)C2=O)cc1. The summed E-state index contributed by atoms with van der Waals surface area (Å²) in [6.07, 6.45) is 2.66. The number of carbonyl (C=O) groups is 3. The molecule has 1 aliphatic heterocycles. The van der Waals surface area contributed by atoms with Crippen LogP contribution in [-0.2, 0) is 14.3 Å². The van der Waals surface area contributed by atoms with Crippen molar-refractivity contribution in [1.82, 2.24) is 4.90 Å². The molecule has 0 saturated carbocycles. The fourth-order valence-electron chi connectivity index (χ4n) is 2.20. The molecule has 6 nitrogen and oxygen atoms in total. The summed E-state index contributed by atoms with van der Waals surface area (Å²) in [5.41, 5.74) is 0.771. The van der Waals surface area contributed by atoms with E-state index < -0.39 is 23.2 Å². The van der Waals surface area contributed by atoms with Crippen molar-refractivity contribution in [3.63, 3.8) is 0 Å². The summed E-state index contributed by atoms with van der Waals surface area (Å²) < 4.78 is 10.3. The molecule has 0 bridgehead atoms. The quantitative estimate of drug-likeness (QED) is 0.569. The smallest absolute Gasteiger partial charge is 0.328 e. The van der Waals surface area contributed by atoms with Crippen molar-refractivity contribution in [1.29, 1.82) is 0 Å². The minimum atomic E-state index is -0.949. The van der Waals surface area contributed by atoms with Gasteiger partial charge in [0.1, 0.15) is 11.8 Å². The highest BCUT2D eigenvalue weighted by Crippen LogP contribution is 2.34. The first-order chi connectivity index (χ1) is 11.9. The summed E-state index contributed by atoms with van der Waals surface area (Å²) in [5.74, 6) is -0.373. The van der Waals surface area contributed by atoms with Crippen LogP contribution in [0.2, 0.25) is 0 Å². The molecule has 1 aromatic rings. The molecule has 1 aliphatic rings. The van der Waals surface area contributed by atoms with E-state index in [-0.39, 0.29) is 11.0 Å². The Hall–Kier alpha value is -2.28. The minimum Gasteiger partial charge on any atom is -0.491 e. The van der Waals surface area contributed by atoms with Crippen molar-refractivity contribution in [2.45, 2.75) is 39.3 Å². The van der Waals surface area contributed by atoms with Crippen molar-refractivity contribution in [3.8, 4) is 5.75 Å². The summed E-state index contributed by atoms with van der Waals surface area (Å²) >= 11 is 0.811. The van der Waals surface area contributed by atoms with Gasteiger partial charge in [0, 0.05) is 0 Å². The van der Waals surface area contributed by atoms with Crippen molar-refractivity contribution in [2.75, 3.05) is 7.11 Å². The van der Waals surface area contributed by atoms with E-state index in [4.69, 9.17) is 4.74 Å². The van der Waals surface area contributed by atoms with Crippen molar-refractivity contribution in [2.24, 2.45) is 0 Å². The van der Waals surface area contributed by atoms with Gasteiger partial charge in [-0.25, -0.2) is 4.79 Å². The number of amides is 2. The molecule has 0 spiro atoms. The highest BCUT2D eigenvalue weighted by molar-refractivity contribution is 8.18. The van der Waals surface area contributed by atoms with Crippen molar-refractivity contribution in [3.05, 3.63) is 34.7 Å². The van der Waals surface area contributed by atoms with E-state index in [0.717, 1.165) is 34.4 Å². The Morgan fingerprint density at radius 3 is 2.44 bits per heavy atom. The first-order valence-electron chi connectivity index (χ1n) is 7.99. The molecule has 1 aromatic carbocycles. The zero-order chi connectivity index (χ0) is 18.6. The first-order valence-corrected chi connectivity index (χ1v) is 8.80. The van der Waals surface area contributed by atoms with Crippen LogP contribution in [0.3, 0.4) is 0 Å². The van der Waals surface area contributed by atoms with Crippen LogP contribution >= 0.6 is 11.8 Å². The van der Waals surface area contributed by atoms with Gasteiger partial charge in [-0.15, -0.1) is 0 Å². The second kappa shape index (κ2) is 8.20. The molecule has 1 fully saturated rings. The van der Waals surface area contributed by atoms with Gasteiger partial charge < -0.3 is 9.47 Å². The summed E-state index contributed by atoms with van der Waals surface area (Å²) in [5, 5.41) is -0.481. The summed E-state index contributed by atoms with van der Waals surface area (Å²) in [6, 6.07) is 6.32. The van der Waals surface area contributed by atoms with Crippen LogP contribution < -0.4 is 4.74 Å². The number of hydrogen-bond acceptors (Lipinski definition) is 6. The van der Waals surface area contributed by atoms with E-state index in [1.807, 2.05) is 38.1 Å². The molecule has 2 amide bonds. The molecular weight excluding hydrogens is 342 g/mol. The maximum atomic E-state index is 12.4. The summed E-state index contributed by atoms with van der Waals surface area (Å²) in [7, 11) is 1.22. The highest BCUT2D eigenvalue weighted by Gasteiger charge is 2.41. The highest BCUT2D eigenvalue weighted by atomic mass is 32.2. The molecule has 25 heavy (non-hydrogen) atoms. The molecule has 0 aliphatic carbocycles. The Morgan fingerprint density at radius 2 is 1.88 bits per heavy atom. The van der Waals surface area contributed by atoms with E-state index in [1.165, 1.54) is 14.0 Å². The van der Waals surface area contributed by atoms with Crippen LogP contribution in [0.15, 0.2) is 29.2 Å². The van der Waals surface area contributed by atoms with E-state index in [9.17, 15) is 14.4 Å². The summed E-state index contributed by atoms with van der Waals surface area (Å²) in [4.78, 5) is 37.3. The van der Waals surface area contributed by atoms with E-state index in [2.05, 4.69) is 4.74 Å². The number of ether oxygens (including phenoxy) is 2. The van der Waals surface area contributed by atoms with Crippen LogP contribution in [-0.4, -0.2) is 41.3 Å². The van der Waals surface area contributed by atoms with Crippen LogP contribution in [0.1, 0.15) is 32.8 Å². The number of methoxy groups -OCH3 is 1. The topological polar surface area (TPSA) is 72.9 Å². The predicted molar refractivity (Wildman–Crippen MR) is 96.1 cm³/mol. The Bertz CT molecular complexity index is 698. The molecule has 0 unspecified atom stereocenters. The van der Waals surface area contributed by atoms with Gasteiger partial charge in [-0.05, 0) is 55.8 Å². The van der Waals surface area contributed by atoms with Gasteiger partial charge in [0.2, 0.25) is 0 Å². The fourth-order valence-corrected chi connectivity index (χ4v) is 3.11. The largest absolute Gasteiger partial charge is 0.491 e. The molecule has 2 rings (SSSR count). The molecule has 1 heterocycles. The van der Waals surface area contributed by atoms with Gasteiger partial charge in [0.05, 0.1) is 18.1 Å². The Labute approximate surface area is 151 Å². The maximum absolute atomic E-state index is 12.4. The monoisotopic (exact) mass is 363 g/mol. The number of thioether (sulfide) groups is 1. The Morgan fingerprint density at radius 1 is 1.24 bits per heavy atom. The average Bonchev–Trinajstić information content (AvgIpc) is 2.88. The van der Waals surface area contributed by atoms with Gasteiger partial charge in [-0.1, -0.05) is 19.1 Å². The van der Waals surface area contributed by atoms with Crippen LogP contribution in [0.25, 0.3) is 6.08 Å². The molecule has 0 radical (unpaired) electrons. The second-order valence-electron chi connectivity index (χ2n) is 5.66. The lowest BCUT2D eigenvalue weighted by molar-refractivity contribution is -0.148. The first kappa shape index (κ1) is 19.1. The maximum Gasteiger partial charge on any atom is 0.328 e. The third-order valence-corrected chi connectivity index (χ3v) is 4.73. The van der Waals surface area contributed by atoms with Crippen LogP contribution in [0.4, 0.5) is 4.79 Å². The van der Waals surface area contributed by atoms with Crippen LogP contribution in [0, 0.1) is 0 Å². The van der Waals surface area contributed by atoms with Gasteiger partial charge >= 0.3 is 5.97 Å². The number of nitrogens with zero attached hydrogens (tertiary/aromatic N) is 1. The molecular formula is C18H21NO5S. The molecule has 7 heteroatoms. The summed E-state index contributed by atoms with van der Waals surface area (Å²) in [6.45, 7) is 5.50. The zero-order valence-electron chi connectivity index (χ0n) is 14.6. The van der Waals surface area contributed by atoms with Gasteiger partial charge in [0.25, 0.3) is 11.1 Å². The molecule has 2 atom stereocenters. The number of carbonyl (C=O) groups excluding carboxylic acids is 3. The van der Waals surface area contributed by atoms with E-state index in [0.29, 0.717) is 0 Å². The van der Waals surface area contributed by atoms with E-state index in [1.54, 1.807) is 6.08 Å². The number of hydrogen-bond donors (Lipinski definition) is 0. The molecule has 0 N–H and O–H groups in total. The number of benzene rings is 1. The Kier molecular flexibility index (Phi) is 6.25.